The number of ether oxygens (including phenoxy) is 1. The molecule has 1 aromatic carbocycles. The number of nitrogens with one attached hydrogen (secondary N) is 1. The Kier molecular flexibility index (Phi) is 6.35. The molecule has 1 amide bonds. The van der Waals surface area contributed by atoms with E-state index >= 15 is 0 Å². The summed E-state index contributed by atoms with van der Waals surface area (Å²) in [7, 11) is 0. The number of benzene rings is 1. The van der Waals surface area contributed by atoms with E-state index in [0.717, 1.165) is 62.1 Å². The fourth-order valence-electron chi connectivity index (χ4n) is 4.04. The minimum absolute atomic E-state index is 0.0867. The molecule has 7 heteroatoms. The van der Waals surface area contributed by atoms with Gasteiger partial charge in [-0.15, -0.1) is 0 Å². The van der Waals surface area contributed by atoms with Crippen molar-refractivity contribution in [2.45, 2.75) is 63.1 Å². The molecule has 1 unspecified atom stereocenters. The second kappa shape index (κ2) is 9.13. The minimum atomic E-state index is -0.223. The van der Waals surface area contributed by atoms with Crippen LogP contribution in [-0.4, -0.2) is 33.9 Å². The van der Waals surface area contributed by atoms with Crippen LogP contribution in [0.1, 0.15) is 43.0 Å². The predicted molar refractivity (Wildman–Crippen MR) is 115 cm³/mol. The Bertz CT molecular complexity index is 934. The second-order valence-corrected chi connectivity index (χ2v) is 8.58. The van der Waals surface area contributed by atoms with Crippen LogP contribution in [0.3, 0.4) is 0 Å². The van der Waals surface area contributed by atoms with Gasteiger partial charge in [0.1, 0.15) is 5.03 Å². The van der Waals surface area contributed by atoms with Crippen LogP contribution in [0.15, 0.2) is 34.1 Å². The molecule has 2 heterocycles. The van der Waals surface area contributed by atoms with Gasteiger partial charge < -0.3 is 10.1 Å². The minimum Gasteiger partial charge on any atom is -0.376 e. The van der Waals surface area contributed by atoms with Crippen molar-refractivity contribution >= 4 is 23.4 Å². The number of nitrogens with zero attached hydrogens (tertiary/aromatic N) is 2. The summed E-state index contributed by atoms with van der Waals surface area (Å²) in [5.41, 5.74) is 4.02. The van der Waals surface area contributed by atoms with Gasteiger partial charge in [0, 0.05) is 23.6 Å². The lowest BCUT2D eigenvalue weighted by atomic mass is 10.1. The van der Waals surface area contributed by atoms with Gasteiger partial charge in [-0.1, -0.05) is 30.8 Å². The molecule has 1 fully saturated rings. The van der Waals surface area contributed by atoms with Crippen LogP contribution in [-0.2, 0) is 35.3 Å². The summed E-state index contributed by atoms with van der Waals surface area (Å²) in [5, 5.41) is 3.63. The smallest absolute Gasteiger partial charge is 0.348 e. The average molecular weight is 414 g/mol. The van der Waals surface area contributed by atoms with Crippen molar-refractivity contribution < 1.29 is 9.53 Å². The zero-order valence-corrected chi connectivity index (χ0v) is 17.6. The molecule has 1 aliphatic carbocycles. The van der Waals surface area contributed by atoms with Gasteiger partial charge in [-0.2, -0.15) is 4.98 Å². The van der Waals surface area contributed by atoms with Gasteiger partial charge in [0.05, 0.1) is 18.4 Å². The van der Waals surface area contributed by atoms with Gasteiger partial charge in [-0.3, -0.25) is 9.36 Å². The summed E-state index contributed by atoms with van der Waals surface area (Å²) in [4.78, 5) is 29.4. The maximum atomic E-state index is 12.7. The van der Waals surface area contributed by atoms with E-state index in [4.69, 9.17) is 4.74 Å². The number of anilines is 1. The Morgan fingerprint density at radius 1 is 1.28 bits per heavy atom. The molecular weight excluding hydrogens is 386 g/mol. The van der Waals surface area contributed by atoms with Crippen molar-refractivity contribution in [3.05, 3.63) is 51.6 Å². The third-order valence-corrected chi connectivity index (χ3v) is 6.61. The summed E-state index contributed by atoms with van der Waals surface area (Å²) in [6.07, 6.45) is 5.97. The molecule has 1 N–H and O–H groups in total. The predicted octanol–water partition coefficient (Wildman–Crippen LogP) is 3.20. The van der Waals surface area contributed by atoms with Crippen molar-refractivity contribution in [3.8, 4) is 0 Å². The van der Waals surface area contributed by atoms with Crippen molar-refractivity contribution in [1.82, 2.24) is 9.55 Å². The fourth-order valence-corrected chi connectivity index (χ4v) is 4.92. The molecule has 1 saturated heterocycles. The van der Waals surface area contributed by atoms with E-state index < -0.39 is 0 Å². The zero-order valence-electron chi connectivity index (χ0n) is 16.8. The molecule has 2 aliphatic rings. The van der Waals surface area contributed by atoms with E-state index in [-0.39, 0.29) is 23.5 Å². The summed E-state index contributed by atoms with van der Waals surface area (Å²) >= 11 is 1.36. The molecular formula is C22H27N3O3S. The number of amides is 1. The van der Waals surface area contributed by atoms with E-state index in [1.807, 2.05) is 24.3 Å². The third-order valence-electron chi connectivity index (χ3n) is 5.60. The number of hydrogen-bond donors (Lipinski definition) is 1. The molecule has 4 rings (SSSR count). The Morgan fingerprint density at radius 3 is 2.83 bits per heavy atom. The molecule has 1 atom stereocenters. The zero-order chi connectivity index (χ0) is 20.2. The maximum Gasteiger partial charge on any atom is 0.348 e. The number of aryl methyl sites for hydroxylation is 1. The van der Waals surface area contributed by atoms with E-state index in [2.05, 4.69) is 17.2 Å². The van der Waals surface area contributed by atoms with Gasteiger partial charge >= 0.3 is 5.69 Å². The van der Waals surface area contributed by atoms with Gasteiger partial charge in [0.2, 0.25) is 5.91 Å². The lowest BCUT2D eigenvalue weighted by Gasteiger charge is -2.17. The molecule has 2 aromatic rings. The highest BCUT2D eigenvalue weighted by Gasteiger charge is 2.25. The van der Waals surface area contributed by atoms with Crippen LogP contribution in [0.5, 0.6) is 0 Å². The van der Waals surface area contributed by atoms with Crippen molar-refractivity contribution in [2.24, 2.45) is 0 Å². The number of thioether (sulfide) groups is 1. The van der Waals surface area contributed by atoms with Gasteiger partial charge in [0.15, 0.2) is 0 Å². The maximum absolute atomic E-state index is 12.7. The third kappa shape index (κ3) is 4.73. The quantitative estimate of drug-likeness (QED) is 0.557. The van der Waals surface area contributed by atoms with E-state index in [1.54, 1.807) is 4.57 Å². The fraction of sp³-hybridized carbons (Fsp3) is 0.500. The van der Waals surface area contributed by atoms with Crippen molar-refractivity contribution in [1.29, 1.82) is 0 Å². The van der Waals surface area contributed by atoms with Crippen LogP contribution in [0.2, 0.25) is 0 Å². The standard InChI is InChI=1S/C22H27N3O3S/c1-2-15-8-10-16(11-9-15)23-20(26)14-29-21-18-6-3-7-19(18)25(22(27)24-21)13-17-5-4-12-28-17/h8-11,17H,2-7,12-14H2,1H3,(H,23,26). The molecule has 154 valence electrons. The highest BCUT2D eigenvalue weighted by molar-refractivity contribution is 8.00. The first-order valence-electron chi connectivity index (χ1n) is 10.4. The highest BCUT2D eigenvalue weighted by Crippen LogP contribution is 2.30. The highest BCUT2D eigenvalue weighted by atomic mass is 32.2. The first-order valence-corrected chi connectivity index (χ1v) is 11.4. The summed E-state index contributed by atoms with van der Waals surface area (Å²) in [6, 6.07) is 7.88. The lowest BCUT2D eigenvalue weighted by molar-refractivity contribution is -0.113. The number of carbonyl (C=O) groups excluding carboxylic acids is 1. The van der Waals surface area contributed by atoms with Crippen LogP contribution in [0, 0.1) is 0 Å². The molecule has 0 radical (unpaired) electrons. The Balaban J connectivity index is 1.43. The monoisotopic (exact) mass is 413 g/mol. The molecule has 0 bridgehead atoms. The largest absolute Gasteiger partial charge is 0.376 e. The molecule has 0 saturated carbocycles. The number of aromatic nitrogens is 2. The van der Waals surface area contributed by atoms with Crippen molar-refractivity contribution in [3.63, 3.8) is 0 Å². The normalized spacial score (nSPS) is 18.0. The Labute approximate surface area is 175 Å². The summed E-state index contributed by atoms with van der Waals surface area (Å²) in [5.74, 6) is 0.154. The first kappa shape index (κ1) is 20.2. The number of fused-ring (bicyclic) bond motifs is 1. The van der Waals surface area contributed by atoms with Gasteiger partial charge in [-0.25, -0.2) is 4.79 Å². The Morgan fingerprint density at radius 2 is 2.10 bits per heavy atom. The first-order chi connectivity index (χ1) is 14.1. The van der Waals surface area contributed by atoms with Gasteiger partial charge in [-0.05, 0) is 56.2 Å². The number of hydrogen-bond acceptors (Lipinski definition) is 5. The van der Waals surface area contributed by atoms with Crippen molar-refractivity contribution in [2.75, 3.05) is 17.7 Å². The van der Waals surface area contributed by atoms with Crippen LogP contribution >= 0.6 is 11.8 Å². The summed E-state index contributed by atoms with van der Waals surface area (Å²) < 4.78 is 7.51. The lowest BCUT2D eigenvalue weighted by Crippen LogP contribution is -2.31. The number of rotatable bonds is 7. The molecule has 0 spiro atoms. The SMILES string of the molecule is CCc1ccc(NC(=O)CSc2nc(=O)n(CC3CCCO3)c3c2CCC3)cc1. The molecule has 29 heavy (non-hydrogen) atoms. The van der Waals surface area contributed by atoms with E-state index in [1.165, 1.54) is 17.3 Å². The molecule has 6 nitrogen and oxygen atoms in total. The summed E-state index contributed by atoms with van der Waals surface area (Å²) in [6.45, 7) is 3.47. The van der Waals surface area contributed by atoms with Gasteiger partial charge in [0.25, 0.3) is 0 Å². The average Bonchev–Trinajstić information content (AvgIpc) is 3.41. The van der Waals surface area contributed by atoms with Crippen LogP contribution in [0.25, 0.3) is 0 Å². The van der Waals surface area contributed by atoms with E-state index in [0.29, 0.717) is 11.6 Å². The van der Waals surface area contributed by atoms with E-state index in [9.17, 15) is 9.59 Å². The topological polar surface area (TPSA) is 73.2 Å². The number of carbonyl (C=O) groups is 1. The molecule has 1 aliphatic heterocycles. The Hall–Kier alpha value is -2.12. The van der Waals surface area contributed by atoms with Crippen LogP contribution in [0.4, 0.5) is 5.69 Å². The van der Waals surface area contributed by atoms with Crippen LogP contribution < -0.4 is 11.0 Å². The second-order valence-electron chi connectivity index (χ2n) is 7.61. The molecule has 1 aromatic heterocycles.